The van der Waals surface area contributed by atoms with E-state index in [1.165, 1.54) is 33.4 Å². The summed E-state index contributed by atoms with van der Waals surface area (Å²) in [5, 5.41) is 17.3. The van der Waals surface area contributed by atoms with Crippen LogP contribution in [-0.4, -0.2) is 48.8 Å². The summed E-state index contributed by atoms with van der Waals surface area (Å²) in [6, 6.07) is 30.3. The predicted molar refractivity (Wildman–Crippen MR) is 157 cm³/mol. The molecule has 206 valence electrons. The molecule has 39 heavy (non-hydrogen) atoms. The molecule has 4 aromatic carbocycles. The second kappa shape index (κ2) is 15.7. The van der Waals surface area contributed by atoms with E-state index in [0.717, 1.165) is 26.4 Å². The molecule has 2 saturated heterocycles. The molecule has 5 heteroatoms. The first-order valence-electron chi connectivity index (χ1n) is 13.3. The standard InChI is InChI=1S/C16H18.C6H10O3.2C6H6O/c1-11-10-16(14(4)13(3)12(11)2)15-8-6-5-7-9-15;1(5-3-8-5)7-2-6-4-9-6;2*7-6-4-2-1-3-5-6/h5-10H,1-4H3;5-6H,1-4H2;2*1-5,7H. The van der Waals surface area contributed by atoms with Crippen LogP contribution in [0.4, 0.5) is 0 Å². The van der Waals surface area contributed by atoms with E-state index in [2.05, 4.69) is 64.1 Å². The Morgan fingerprint density at radius 2 is 1.03 bits per heavy atom. The average Bonchev–Trinajstić information content (AvgIpc) is 3.89. The fraction of sp³-hybridized carbons (Fsp3) is 0.294. The van der Waals surface area contributed by atoms with Crippen LogP contribution >= 0.6 is 0 Å². The highest BCUT2D eigenvalue weighted by atomic mass is 16.6. The van der Waals surface area contributed by atoms with Crippen LogP contribution in [0.15, 0.2) is 97.1 Å². The van der Waals surface area contributed by atoms with E-state index in [9.17, 15) is 0 Å². The van der Waals surface area contributed by atoms with Gasteiger partial charge in [-0.15, -0.1) is 0 Å². The first-order valence-corrected chi connectivity index (χ1v) is 13.3. The molecule has 2 aliphatic heterocycles. The molecular weight excluding hydrogens is 488 g/mol. The molecule has 6 rings (SSSR count). The lowest BCUT2D eigenvalue weighted by molar-refractivity contribution is 0.102. The number of ether oxygens (including phenoxy) is 3. The first kappa shape index (κ1) is 29.9. The number of benzene rings is 4. The molecule has 0 amide bonds. The highest BCUT2D eigenvalue weighted by Crippen LogP contribution is 2.29. The summed E-state index contributed by atoms with van der Waals surface area (Å²) in [6.45, 7) is 12.1. The number of hydrogen-bond acceptors (Lipinski definition) is 5. The Bertz CT molecular complexity index is 1190. The molecular formula is C34H40O5. The van der Waals surface area contributed by atoms with Crippen LogP contribution < -0.4 is 0 Å². The average molecular weight is 529 g/mol. The lowest BCUT2D eigenvalue weighted by Crippen LogP contribution is -2.06. The van der Waals surface area contributed by atoms with Gasteiger partial charge in [0.2, 0.25) is 0 Å². The summed E-state index contributed by atoms with van der Waals surface area (Å²) >= 11 is 0. The minimum absolute atomic E-state index is 0.322. The Labute approximate surface area is 232 Å². The topological polar surface area (TPSA) is 74.8 Å². The number of aromatic hydroxyl groups is 2. The summed E-state index contributed by atoms with van der Waals surface area (Å²) in [5.74, 6) is 0.644. The Morgan fingerprint density at radius 3 is 1.38 bits per heavy atom. The van der Waals surface area contributed by atoms with Crippen molar-refractivity contribution in [2.75, 3.05) is 26.4 Å². The molecule has 2 N–H and O–H groups in total. The van der Waals surface area contributed by atoms with Gasteiger partial charge in [0.25, 0.3) is 0 Å². The van der Waals surface area contributed by atoms with Gasteiger partial charge in [-0.3, -0.25) is 0 Å². The van der Waals surface area contributed by atoms with Crippen LogP contribution in [0.1, 0.15) is 22.3 Å². The summed E-state index contributed by atoms with van der Waals surface area (Å²) < 4.78 is 15.1. The molecule has 4 aromatic rings. The zero-order valence-electron chi connectivity index (χ0n) is 23.3. The molecule has 0 spiro atoms. The number of hydrogen-bond donors (Lipinski definition) is 2. The van der Waals surface area contributed by atoms with Crippen LogP contribution in [0.3, 0.4) is 0 Å². The van der Waals surface area contributed by atoms with Gasteiger partial charge in [0.05, 0.1) is 26.4 Å². The van der Waals surface area contributed by atoms with Crippen molar-refractivity contribution in [1.29, 1.82) is 0 Å². The zero-order valence-corrected chi connectivity index (χ0v) is 23.3. The molecule has 0 aliphatic carbocycles. The molecule has 5 nitrogen and oxygen atoms in total. The van der Waals surface area contributed by atoms with Crippen LogP contribution in [0.5, 0.6) is 11.5 Å². The fourth-order valence-electron chi connectivity index (χ4n) is 3.65. The number of para-hydroxylation sites is 2. The molecule has 0 saturated carbocycles. The Hall–Kier alpha value is -3.64. The van der Waals surface area contributed by atoms with Gasteiger partial charge in [-0.2, -0.15) is 0 Å². The van der Waals surface area contributed by atoms with Gasteiger partial charge in [0, 0.05) is 0 Å². The van der Waals surface area contributed by atoms with E-state index in [0.29, 0.717) is 23.7 Å². The quantitative estimate of drug-likeness (QED) is 0.269. The van der Waals surface area contributed by atoms with Crippen molar-refractivity contribution < 1.29 is 24.4 Å². The Morgan fingerprint density at radius 1 is 0.615 bits per heavy atom. The minimum atomic E-state index is 0.322. The van der Waals surface area contributed by atoms with Crippen molar-refractivity contribution in [3.05, 3.63) is 119 Å². The molecule has 0 aromatic heterocycles. The van der Waals surface area contributed by atoms with Crippen molar-refractivity contribution in [3.63, 3.8) is 0 Å². The maximum Gasteiger partial charge on any atom is 0.115 e. The van der Waals surface area contributed by atoms with Crippen LogP contribution in [-0.2, 0) is 14.2 Å². The molecule has 2 aliphatic rings. The fourth-order valence-corrected chi connectivity index (χ4v) is 3.65. The van der Waals surface area contributed by atoms with Gasteiger partial charge in [-0.1, -0.05) is 72.8 Å². The molecule has 2 heterocycles. The van der Waals surface area contributed by atoms with E-state index in [1.807, 2.05) is 12.1 Å². The molecule has 2 unspecified atom stereocenters. The van der Waals surface area contributed by atoms with E-state index >= 15 is 0 Å². The van der Waals surface area contributed by atoms with Crippen molar-refractivity contribution in [2.24, 2.45) is 0 Å². The Kier molecular flexibility index (Phi) is 12.0. The maximum atomic E-state index is 8.63. The van der Waals surface area contributed by atoms with Gasteiger partial charge in [0.1, 0.15) is 23.7 Å². The predicted octanol–water partition coefficient (Wildman–Crippen LogP) is 7.17. The Balaban J connectivity index is 0.000000155. The summed E-state index contributed by atoms with van der Waals surface area (Å²) in [5.41, 5.74) is 8.28. The van der Waals surface area contributed by atoms with Gasteiger partial charge in [-0.25, -0.2) is 0 Å². The summed E-state index contributed by atoms with van der Waals surface area (Å²) in [7, 11) is 0. The van der Waals surface area contributed by atoms with E-state index in [-0.39, 0.29) is 0 Å². The molecule has 0 bridgehead atoms. The van der Waals surface area contributed by atoms with Crippen molar-refractivity contribution in [3.8, 4) is 22.6 Å². The van der Waals surface area contributed by atoms with Crippen molar-refractivity contribution >= 4 is 0 Å². The normalized spacial score (nSPS) is 16.3. The van der Waals surface area contributed by atoms with Crippen LogP contribution in [0.25, 0.3) is 11.1 Å². The highest BCUT2D eigenvalue weighted by Gasteiger charge is 2.26. The molecule has 2 atom stereocenters. The SMILES string of the molecule is C(OCC1CO1)C1CO1.Cc1cc(-c2ccccc2)c(C)c(C)c1C.Oc1ccccc1.Oc1ccccc1. The third-order valence-corrected chi connectivity index (χ3v) is 6.49. The van der Waals surface area contributed by atoms with E-state index in [4.69, 9.17) is 24.4 Å². The van der Waals surface area contributed by atoms with Gasteiger partial charge in [-0.05, 0) is 85.3 Å². The molecule has 2 fully saturated rings. The van der Waals surface area contributed by atoms with Gasteiger partial charge in [0.15, 0.2) is 0 Å². The number of aryl methyl sites for hydroxylation is 1. The summed E-state index contributed by atoms with van der Waals surface area (Å²) in [6.07, 6.45) is 0.785. The maximum absolute atomic E-state index is 8.63. The second-order valence-corrected chi connectivity index (χ2v) is 9.60. The summed E-state index contributed by atoms with van der Waals surface area (Å²) in [4.78, 5) is 0. The zero-order chi connectivity index (χ0) is 28.0. The van der Waals surface area contributed by atoms with E-state index in [1.54, 1.807) is 48.5 Å². The lowest BCUT2D eigenvalue weighted by atomic mass is 9.91. The number of phenols is 2. The van der Waals surface area contributed by atoms with Crippen LogP contribution in [0.2, 0.25) is 0 Å². The van der Waals surface area contributed by atoms with Gasteiger partial charge < -0.3 is 24.4 Å². The highest BCUT2D eigenvalue weighted by molar-refractivity contribution is 5.70. The van der Waals surface area contributed by atoms with Crippen LogP contribution in [0, 0.1) is 27.7 Å². The smallest absolute Gasteiger partial charge is 0.115 e. The minimum Gasteiger partial charge on any atom is -0.508 e. The lowest BCUT2D eigenvalue weighted by Gasteiger charge is -2.14. The van der Waals surface area contributed by atoms with Crippen molar-refractivity contribution in [2.45, 2.75) is 39.9 Å². The number of epoxide rings is 2. The monoisotopic (exact) mass is 528 g/mol. The third-order valence-electron chi connectivity index (χ3n) is 6.49. The second-order valence-electron chi connectivity index (χ2n) is 9.60. The number of rotatable bonds is 5. The van der Waals surface area contributed by atoms with E-state index < -0.39 is 0 Å². The number of phenolic OH excluding ortho intramolecular Hbond substituents is 2. The van der Waals surface area contributed by atoms with Crippen molar-refractivity contribution in [1.82, 2.24) is 0 Å². The largest absolute Gasteiger partial charge is 0.508 e. The third kappa shape index (κ3) is 11.3. The van der Waals surface area contributed by atoms with Gasteiger partial charge >= 0.3 is 0 Å². The molecule has 0 radical (unpaired) electrons. The first-order chi connectivity index (χ1) is 18.8.